The zero-order chi connectivity index (χ0) is 22.4. The van der Waals surface area contributed by atoms with Gasteiger partial charge >= 0.3 is 0 Å². The van der Waals surface area contributed by atoms with Crippen LogP contribution in [0.1, 0.15) is 69.5 Å². The Hall–Kier alpha value is -3.16. The highest BCUT2D eigenvalue weighted by Gasteiger charge is 2.52. The first kappa shape index (κ1) is 21.1. The molecule has 4 rings (SSSR count). The quantitative estimate of drug-likeness (QED) is 0.790. The molecule has 0 saturated carbocycles. The van der Waals surface area contributed by atoms with Crippen LogP contribution in [0.25, 0.3) is 0 Å². The molecule has 2 aromatic rings. The Balaban J connectivity index is 1.42. The van der Waals surface area contributed by atoms with Crippen LogP contribution >= 0.6 is 0 Å². The normalized spacial score (nSPS) is 20.6. The second-order valence-corrected chi connectivity index (χ2v) is 9.40. The molecule has 1 fully saturated rings. The second kappa shape index (κ2) is 7.51. The van der Waals surface area contributed by atoms with Gasteiger partial charge in [0.15, 0.2) is 5.82 Å². The summed E-state index contributed by atoms with van der Waals surface area (Å²) in [6.45, 7) is 8.32. The summed E-state index contributed by atoms with van der Waals surface area (Å²) in [5.74, 6) is 0.807. The Labute approximate surface area is 181 Å². The van der Waals surface area contributed by atoms with E-state index in [1.165, 1.54) is 0 Å². The van der Waals surface area contributed by atoms with Gasteiger partial charge in [-0.3, -0.25) is 19.3 Å². The van der Waals surface area contributed by atoms with Gasteiger partial charge in [0, 0.05) is 30.9 Å². The van der Waals surface area contributed by atoms with Crippen molar-refractivity contribution in [3.63, 3.8) is 0 Å². The first-order valence-electron chi connectivity index (χ1n) is 10.6. The topological polar surface area (TPSA) is 95.8 Å². The molecule has 8 heteroatoms. The van der Waals surface area contributed by atoms with Crippen molar-refractivity contribution in [2.45, 2.75) is 64.5 Å². The smallest absolute Gasteiger partial charge is 0.257 e. The molecule has 3 heterocycles. The number of rotatable bonds is 5. The van der Waals surface area contributed by atoms with Gasteiger partial charge in [0.25, 0.3) is 5.91 Å². The number of anilines is 2. The number of amides is 3. The van der Waals surface area contributed by atoms with Gasteiger partial charge in [-0.25, -0.2) is 0 Å². The molecule has 1 saturated heterocycles. The van der Waals surface area contributed by atoms with Crippen LogP contribution in [0.2, 0.25) is 0 Å². The lowest BCUT2D eigenvalue weighted by atomic mass is 9.93. The Kier molecular flexibility index (Phi) is 5.11. The number of carbonyl (C=O) groups is 3. The third kappa shape index (κ3) is 3.71. The molecule has 8 nitrogen and oxygen atoms in total. The number of nitrogens with one attached hydrogen (secondary N) is 1. The maximum atomic E-state index is 13.2. The van der Waals surface area contributed by atoms with Crippen molar-refractivity contribution in [2.24, 2.45) is 0 Å². The van der Waals surface area contributed by atoms with Crippen molar-refractivity contribution in [1.29, 1.82) is 0 Å². The first-order chi connectivity index (χ1) is 14.6. The lowest BCUT2D eigenvalue weighted by Crippen LogP contribution is -2.62. The van der Waals surface area contributed by atoms with Gasteiger partial charge in [-0.15, -0.1) is 0 Å². The van der Waals surface area contributed by atoms with Crippen LogP contribution < -0.4 is 10.2 Å². The molecular formula is C23H28N4O4. The van der Waals surface area contributed by atoms with E-state index in [4.69, 9.17) is 4.52 Å². The van der Waals surface area contributed by atoms with Crippen LogP contribution in [0.5, 0.6) is 0 Å². The highest BCUT2D eigenvalue weighted by Crippen LogP contribution is 2.44. The van der Waals surface area contributed by atoms with Crippen LogP contribution in [0.3, 0.4) is 0 Å². The van der Waals surface area contributed by atoms with E-state index in [9.17, 15) is 14.4 Å². The van der Waals surface area contributed by atoms with Gasteiger partial charge in [-0.2, -0.15) is 0 Å². The van der Waals surface area contributed by atoms with Crippen LogP contribution in [-0.4, -0.2) is 40.0 Å². The van der Waals surface area contributed by atoms with E-state index < -0.39 is 5.66 Å². The Morgan fingerprint density at radius 3 is 2.71 bits per heavy atom. The van der Waals surface area contributed by atoms with Crippen molar-refractivity contribution in [3.8, 4) is 0 Å². The molecule has 3 amide bonds. The summed E-state index contributed by atoms with van der Waals surface area (Å²) in [7, 11) is 0. The molecule has 1 N–H and O–H groups in total. The van der Waals surface area contributed by atoms with Crippen molar-refractivity contribution in [3.05, 3.63) is 41.7 Å². The summed E-state index contributed by atoms with van der Waals surface area (Å²) in [6, 6.07) is 8.94. The number of aromatic nitrogens is 1. The molecule has 0 radical (unpaired) electrons. The highest BCUT2D eigenvalue weighted by atomic mass is 16.5. The standard InChI is InChI=1S/C23H28N4O4/c1-22(2,3)17-14-18(25-31-17)24-19(28)10-7-13-26-21(30)15-8-5-6-9-16(15)27-20(29)11-12-23(26,27)4/h5-6,8-9,14H,7,10-13H2,1-4H3,(H,24,25,28). The van der Waals surface area contributed by atoms with Crippen molar-refractivity contribution < 1.29 is 18.9 Å². The van der Waals surface area contributed by atoms with Crippen molar-refractivity contribution >= 4 is 29.2 Å². The van der Waals surface area contributed by atoms with Crippen molar-refractivity contribution in [2.75, 3.05) is 16.8 Å². The van der Waals surface area contributed by atoms with E-state index in [-0.39, 0.29) is 29.6 Å². The SMILES string of the molecule is CC(C)(C)c1cc(NC(=O)CCCN2C(=O)c3ccccc3N3C(=O)CCC23C)no1. The molecule has 1 atom stereocenters. The molecule has 1 aromatic heterocycles. The zero-order valence-corrected chi connectivity index (χ0v) is 18.4. The monoisotopic (exact) mass is 424 g/mol. The largest absolute Gasteiger partial charge is 0.359 e. The zero-order valence-electron chi connectivity index (χ0n) is 18.4. The van der Waals surface area contributed by atoms with E-state index >= 15 is 0 Å². The fraction of sp³-hybridized carbons (Fsp3) is 0.478. The molecule has 164 valence electrons. The molecule has 31 heavy (non-hydrogen) atoms. The number of para-hydroxylation sites is 1. The third-order valence-corrected chi connectivity index (χ3v) is 6.05. The molecule has 1 aromatic carbocycles. The molecule has 2 aliphatic heterocycles. The molecular weight excluding hydrogens is 396 g/mol. The number of carbonyl (C=O) groups excluding carboxylic acids is 3. The predicted molar refractivity (Wildman–Crippen MR) is 116 cm³/mol. The Morgan fingerprint density at radius 2 is 2.00 bits per heavy atom. The lowest BCUT2D eigenvalue weighted by Gasteiger charge is -2.48. The fourth-order valence-corrected chi connectivity index (χ4v) is 4.33. The molecule has 0 bridgehead atoms. The molecule has 2 aliphatic rings. The van der Waals surface area contributed by atoms with E-state index in [2.05, 4.69) is 10.5 Å². The molecule has 0 aliphatic carbocycles. The van der Waals surface area contributed by atoms with Crippen LogP contribution in [-0.2, 0) is 15.0 Å². The summed E-state index contributed by atoms with van der Waals surface area (Å²) in [5, 5.41) is 6.66. The average Bonchev–Trinajstić information content (AvgIpc) is 3.29. The van der Waals surface area contributed by atoms with E-state index in [1.807, 2.05) is 39.8 Å². The maximum Gasteiger partial charge on any atom is 0.257 e. The van der Waals surface area contributed by atoms with Gasteiger partial charge in [0.1, 0.15) is 11.4 Å². The van der Waals surface area contributed by atoms with Crippen LogP contribution in [0, 0.1) is 0 Å². The van der Waals surface area contributed by atoms with E-state index in [0.29, 0.717) is 48.6 Å². The summed E-state index contributed by atoms with van der Waals surface area (Å²) in [4.78, 5) is 41.7. The molecule has 1 unspecified atom stereocenters. The van der Waals surface area contributed by atoms with E-state index in [1.54, 1.807) is 28.0 Å². The van der Waals surface area contributed by atoms with Gasteiger partial charge < -0.3 is 14.7 Å². The van der Waals surface area contributed by atoms with Gasteiger partial charge in [-0.1, -0.05) is 38.1 Å². The maximum absolute atomic E-state index is 13.2. The number of nitrogens with zero attached hydrogens (tertiary/aromatic N) is 3. The minimum absolute atomic E-state index is 0.0193. The number of hydrogen-bond acceptors (Lipinski definition) is 5. The van der Waals surface area contributed by atoms with E-state index in [0.717, 1.165) is 0 Å². The second-order valence-electron chi connectivity index (χ2n) is 9.40. The third-order valence-electron chi connectivity index (χ3n) is 6.05. The summed E-state index contributed by atoms with van der Waals surface area (Å²) >= 11 is 0. The predicted octanol–water partition coefficient (Wildman–Crippen LogP) is 3.69. The van der Waals surface area contributed by atoms with Crippen LogP contribution in [0.15, 0.2) is 34.9 Å². The lowest BCUT2D eigenvalue weighted by molar-refractivity contribution is -0.118. The first-order valence-corrected chi connectivity index (χ1v) is 10.6. The van der Waals surface area contributed by atoms with Crippen molar-refractivity contribution in [1.82, 2.24) is 10.1 Å². The average molecular weight is 425 g/mol. The van der Waals surface area contributed by atoms with Gasteiger partial charge in [0.05, 0.1) is 11.3 Å². The van der Waals surface area contributed by atoms with Gasteiger partial charge in [-0.05, 0) is 31.9 Å². The highest BCUT2D eigenvalue weighted by molar-refractivity contribution is 6.10. The summed E-state index contributed by atoms with van der Waals surface area (Å²) < 4.78 is 5.29. The number of fused-ring (bicyclic) bond motifs is 3. The van der Waals surface area contributed by atoms with Crippen LogP contribution in [0.4, 0.5) is 11.5 Å². The minimum Gasteiger partial charge on any atom is -0.359 e. The Morgan fingerprint density at radius 1 is 1.26 bits per heavy atom. The minimum atomic E-state index is -0.702. The summed E-state index contributed by atoms with van der Waals surface area (Å²) in [5.41, 5.74) is 0.303. The molecule has 0 spiro atoms. The number of hydrogen-bond donors (Lipinski definition) is 1. The number of benzene rings is 1. The fourth-order valence-electron chi connectivity index (χ4n) is 4.33. The summed E-state index contributed by atoms with van der Waals surface area (Å²) in [6.07, 6.45) is 1.68. The Bertz CT molecular complexity index is 1040. The van der Waals surface area contributed by atoms with Gasteiger partial charge in [0.2, 0.25) is 11.8 Å².